The standard InChI is InChI=1S/C17H24N2O2/c1-11(2)5-4-8-17(3,21)15-10-13-9-12(16(18)20)6-7-14(13)19-15/h5-7,9,15,19,21H,4,8,10H2,1-3H3,(H2,18,20)/t15-,17?/m1/s1. The lowest BCUT2D eigenvalue weighted by molar-refractivity contribution is 0.0339. The molecule has 1 heterocycles. The molecule has 0 fully saturated rings. The molecule has 4 heteroatoms. The van der Waals surface area contributed by atoms with E-state index in [1.165, 1.54) is 5.57 Å². The molecular weight excluding hydrogens is 264 g/mol. The first-order valence-corrected chi connectivity index (χ1v) is 7.34. The lowest BCUT2D eigenvalue weighted by atomic mass is 9.89. The van der Waals surface area contributed by atoms with Crippen molar-refractivity contribution in [2.24, 2.45) is 5.73 Å². The minimum Gasteiger partial charge on any atom is -0.388 e. The summed E-state index contributed by atoms with van der Waals surface area (Å²) in [6.45, 7) is 5.98. The first-order valence-electron chi connectivity index (χ1n) is 7.34. The third kappa shape index (κ3) is 3.64. The molecule has 4 N–H and O–H groups in total. The summed E-state index contributed by atoms with van der Waals surface area (Å²) in [5.41, 5.74) is 8.31. The zero-order valence-corrected chi connectivity index (χ0v) is 12.9. The van der Waals surface area contributed by atoms with Crippen molar-refractivity contribution < 1.29 is 9.90 Å². The second-order valence-electron chi connectivity index (χ2n) is 6.31. The molecule has 0 saturated carbocycles. The van der Waals surface area contributed by atoms with E-state index in [1.807, 2.05) is 19.1 Å². The lowest BCUT2D eigenvalue weighted by Crippen LogP contribution is -2.43. The predicted octanol–water partition coefficient (Wildman–Crippen LogP) is 2.62. The Morgan fingerprint density at radius 3 is 2.86 bits per heavy atom. The first kappa shape index (κ1) is 15.6. The maximum Gasteiger partial charge on any atom is 0.248 e. The molecular formula is C17H24N2O2. The van der Waals surface area contributed by atoms with E-state index < -0.39 is 11.5 Å². The summed E-state index contributed by atoms with van der Waals surface area (Å²) in [7, 11) is 0. The van der Waals surface area contributed by atoms with Crippen molar-refractivity contribution in [1.82, 2.24) is 0 Å². The number of rotatable bonds is 5. The molecule has 0 saturated heterocycles. The summed E-state index contributed by atoms with van der Waals surface area (Å²) >= 11 is 0. The van der Waals surface area contributed by atoms with Gasteiger partial charge in [0.2, 0.25) is 5.91 Å². The maximum atomic E-state index is 11.2. The highest BCUT2D eigenvalue weighted by molar-refractivity contribution is 5.93. The number of allylic oxidation sites excluding steroid dienone is 2. The van der Waals surface area contributed by atoms with Crippen LogP contribution in [0.25, 0.3) is 0 Å². The molecule has 2 atom stereocenters. The zero-order chi connectivity index (χ0) is 15.6. The molecule has 0 bridgehead atoms. The number of aliphatic hydroxyl groups is 1. The summed E-state index contributed by atoms with van der Waals surface area (Å²) in [5.74, 6) is -0.420. The topological polar surface area (TPSA) is 75.3 Å². The number of carbonyl (C=O) groups is 1. The molecule has 1 aliphatic heterocycles. The fraction of sp³-hybridized carbons (Fsp3) is 0.471. The van der Waals surface area contributed by atoms with Crippen molar-refractivity contribution in [3.8, 4) is 0 Å². The third-order valence-electron chi connectivity index (χ3n) is 4.10. The fourth-order valence-corrected chi connectivity index (χ4v) is 2.72. The van der Waals surface area contributed by atoms with Gasteiger partial charge in [-0.2, -0.15) is 0 Å². The molecule has 114 valence electrons. The highest BCUT2D eigenvalue weighted by Gasteiger charge is 2.35. The van der Waals surface area contributed by atoms with Gasteiger partial charge >= 0.3 is 0 Å². The number of nitrogens with two attached hydrogens (primary N) is 1. The van der Waals surface area contributed by atoms with E-state index in [2.05, 4.69) is 25.2 Å². The van der Waals surface area contributed by atoms with Gasteiger partial charge in [-0.3, -0.25) is 4.79 Å². The monoisotopic (exact) mass is 288 g/mol. The van der Waals surface area contributed by atoms with Gasteiger partial charge < -0.3 is 16.2 Å². The van der Waals surface area contributed by atoms with Crippen molar-refractivity contribution in [3.63, 3.8) is 0 Å². The molecule has 2 rings (SSSR count). The van der Waals surface area contributed by atoms with Crippen LogP contribution in [0.1, 0.15) is 49.5 Å². The quantitative estimate of drug-likeness (QED) is 0.729. The fourth-order valence-electron chi connectivity index (χ4n) is 2.72. The second-order valence-corrected chi connectivity index (χ2v) is 6.31. The van der Waals surface area contributed by atoms with Crippen LogP contribution in [0, 0.1) is 0 Å². The van der Waals surface area contributed by atoms with Crippen LogP contribution in [-0.2, 0) is 6.42 Å². The molecule has 0 aliphatic carbocycles. The van der Waals surface area contributed by atoms with E-state index >= 15 is 0 Å². The Balaban J connectivity index is 2.07. The van der Waals surface area contributed by atoms with E-state index in [0.29, 0.717) is 18.4 Å². The largest absolute Gasteiger partial charge is 0.388 e. The Hall–Kier alpha value is -1.81. The van der Waals surface area contributed by atoms with Crippen LogP contribution >= 0.6 is 0 Å². The molecule has 4 nitrogen and oxygen atoms in total. The molecule has 1 amide bonds. The number of hydrogen-bond acceptors (Lipinski definition) is 3. The van der Waals surface area contributed by atoms with Gasteiger partial charge in [0.25, 0.3) is 0 Å². The number of nitrogens with one attached hydrogen (secondary N) is 1. The Kier molecular flexibility index (Phi) is 4.37. The van der Waals surface area contributed by atoms with Gasteiger partial charge in [-0.1, -0.05) is 11.6 Å². The van der Waals surface area contributed by atoms with Crippen LogP contribution in [0.3, 0.4) is 0 Å². The van der Waals surface area contributed by atoms with Gasteiger partial charge in [0, 0.05) is 11.3 Å². The molecule has 1 unspecified atom stereocenters. The van der Waals surface area contributed by atoms with E-state index in [-0.39, 0.29) is 6.04 Å². The number of fused-ring (bicyclic) bond motifs is 1. The summed E-state index contributed by atoms with van der Waals surface area (Å²) in [6.07, 6.45) is 4.41. The van der Waals surface area contributed by atoms with Crippen molar-refractivity contribution in [2.45, 2.75) is 51.7 Å². The molecule has 0 radical (unpaired) electrons. The van der Waals surface area contributed by atoms with Gasteiger partial charge in [-0.15, -0.1) is 0 Å². The second kappa shape index (κ2) is 5.90. The summed E-state index contributed by atoms with van der Waals surface area (Å²) in [4.78, 5) is 11.2. The molecule has 1 aliphatic rings. The summed E-state index contributed by atoms with van der Waals surface area (Å²) in [6, 6.07) is 5.36. The van der Waals surface area contributed by atoms with Crippen LogP contribution in [0.2, 0.25) is 0 Å². The Bertz CT molecular complexity index is 572. The molecule has 1 aromatic rings. The van der Waals surface area contributed by atoms with Crippen LogP contribution < -0.4 is 11.1 Å². The van der Waals surface area contributed by atoms with Crippen molar-refractivity contribution in [2.75, 3.05) is 5.32 Å². The van der Waals surface area contributed by atoms with E-state index in [0.717, 1.165) is 17.7 Å². The van der Waals surface area contributed by atoms with E-state index in [9.17, 15) is 9.90 Å². The molecule has 0 aromatic heterocycles. The average Bonchev–Trinajstić information content (AvgIpc) is 2.81. The van der Waals surface area contributed by atoms with Gasteiger partial charge in [-0.25, -0.2) is 0 Å². The normalized spacial score (nSPS) is 19.3. The molecule has 0 spiro atoms. The smallest absolute Gasteiger partial charge is 0.248 e. The first-order chi connectivity index (χ1) is 9.79. The summed E-state index contributed by atoms with van der Waals surface area (Å²) < 4.78 is 0. The Morgan fingerprint density at radius 2 is 2.24 bits per heavy atom. The van der Waals surface area contributed by atoms with Gasteiger partial charge in [-0.05, 0) is 63.8 Å². The Labute approximate surface area is 126 Å². The van der Waals surface area contributed by atoms with Crippen LogP contribution in [0.4, 0.5) is 5.69 Å². The number of primary amides is 1. The van der Waals surface area contributed by atoms with Gasteiger partial charge in [0.1, 0.15) is 0 Å². The van der Waals surface area contributed by atoms with E-state index in [1.54, 1.807) is 6.07 Å². The SMILES string of the molecule is CC(C)=CCCC(C)(O)[C@H]1Cc2cc(C(N)=O)ccc2N1. The number of anilines is 1. The predicted molar refractivity (Wildman–Crippen MR) is 85.4 cm³/mol. The number of benzene rings is 1. The van der Waals surface area contributed by atoms with Crippen LogP contribution in [0.15, 0.2) is 29.8 Å². The van der Waals surface area contributed by atoms with Gasteiger partial charge in [0.15, 0.2) is 0 Å². The third-order valence-corrected chi connectivity index (χ3v) is 4.10. The van der Waals surface area contributed by atoms with Crippen molar-refractivity contribution >= 4 is 11.6 Å². The summed E-state index contributed by atoms with van der Waals surface area (Å²) in [5, 5.41) is 14.1. The minimum atomic E-state index is -0.794. The maximum absolute atomic E-state index is 11.2. The minimum absolute atomic E-state index is 0.0406. The highest BCUT2D eigenvalue weighted by Crippen LogP contribution is 2.33. The highest BCUT2D eigenvalue weighted by atomic mass is 16.3. The number of amides is 1. The van der Waals surface area contributed by atoms with E-state index in [4.69, 9.17) is 5.73 Å². The zero-order valence-electron chi connectivity index (χ0n) is 12.9. The Morgan fingerprint density at radius 1 is 1.52 bits per heavy atom. The molecule has 1 aromatic carbocycles. The van der Waals surface area contributed by atoms with Gasteiger partial charge in [0.05, 0.1) is 11.6 Å². The molecule has 21 heavy (non-hydrogen) atoms. The van der Waals surface area contributed by atoms with Crippen LogP contribution in [-0.4, -0.2) is 22.7 Å². The number of hydrogen-bond donors (Lipinski definition) is 3. The van der Waals surface area contributed by atoms with Crippen LogP contribution in [0.5, 0.6) is 0 Å². The number of carbonyl (C=O) groups excluding carboxylic acids is 1. The lowest BCUT2D eigenvalue weighted by Gasteiger charge is -2.30. The van der Waals surface area contributed by atoms with Crippen molar-refractivity contribution in [3.05, 3.63) is 41.0 Å². The average molecular weight is 288 g/mol. The van der Waals surface area contributed by atoms with Crippen molar-refractivity contribution in [1.29, 1.82) is 0 Å².